The lowest BCUT2D eigenvalue weighted by atomic mass is 9.80. The van der Waals surface area contributed by atoms with Crippen LogP contribution >= 0.6 is 0 Å². The van der Waals surface area contributed by atoms with Gasteiger partial charge in [0.2, 0.25) is 0 Å². The van der Waals surface area contributed by atoms with E-state index in [1.54, 1.807) is 0 Å². The van der Waals surface area contributed by atoms with Crippen LogP contribution in [-0.4, -0.2) is 35.2 Å². The van der Waals surface area contributed by atoms with E-state index in [0.29, 0.717) is 13.1 Å². The Morgan fingerprint density at radius 1 is 1.28 bits per heavy atom. The van der Waals surface area contributed by atoms with Gasteiger partial charge in [-0.15, -0.1) is 0 Å². The van der Waals surface area contributed by atoms with Crippen molar-refractivity contribution < 1.29 is 9.53 Å². The van der Waals surface area contributed by atoms with Crippen LogP contribution in [0.25, 0.3) is 0 Å². The summed E-state index contributed by atoms with van der Waals surface area (Å²) in [5.41, 5.74) is 5.33. The number of ether oxygens (including phenoxy) is 1. The highest BCUT2D eigenvalue weighted by Gasteiger charge is 2.40. The summed E-state index contributed by atoms with van der Waals surface area (Å²) in [6, 6.07) is 0. The molecule has 1 aliphatic rings. The van der Waals surface area contributed by atoms with Gasteiger partial charge in [0.15, 0.2) is 0 Å². The number of hydrogen-bond acceptors (Lipinski definition) is 3. The van der Waals surface area contributed by atoms with Crippen LogP contribution in [0, 0.1) is 0 Å². The van der Waals surface area contributed by atoms with Gasteiger partial charge in [-0.2, -0.15) is 0 Å². The van der Waals surface area contributed by atoms with Gasteiger partial charge in [0.25, 0.3) is 0 Å². The number of amides is 1. The van der Waals surface area contributed by atoms with E-state index in [0.717, 1.165) is 25.7 Å². The Kier molecular flexibility index (Phi) is 5.02. The topological polar surface area (TPSA) is 55.6 Å². The molecule has 0 aromatic heterocycles. The van der Waals surface area contributed by atoms with Crippen LogP contribution in [0.15, 0.2) is 0 Å². The van der Waals surface area contributed by atoms with E-state index in [4.69, 9.17) is 10.5 Å². The van der Waals surface area contributed by atoms with Gasteiger partial charge in [0.1, 0.15) is 5.60 Å². The van der Waals surface area contributed by atoms with Gasteiger partial charge < -0.3 is 15.4 Å². The molecule has 0 atom stereocenters. The van der Waals surface area contributed by atoms with Crippen LogP contribution < -0.4 is 5.73 Å². The molecule has 0 aromatic rings. The summed E-state index contributed by atoms with van der Waals surface area (Å²) >= 11 is 0. The predicted molar refractivity (Wildman–Crippen MR) is 73.5 cm³/mol. The average molecular weight is 256 g/mol. The normalized spacial score (nSPS) is 19.4. The number of carbonyl (C=O) groups is 1. The molecule has 18 heavy (non-hydrogen) atoms. The van der Waals surface area contributed by atoms with Crippen molar-refractivity contribution in [1.29, 1.82) is 0 Å². The molecule has 0 heterocycles. The van der Waals surface area contributed by atoms with Gasteiger partial charge in [-0.3, -0.25) is 0 Å². The van der Waals surface area contributed by atoms with Crippen LogP contribution in [-0.2, 0) is 4.74 Å². The number of likely N-dealkylation sites (N-methyl/N-ethyl adjacent to an activating group) is 1. The number of hydrogen-bond donors (Lipinski definition) is 1. The lowest BCUT2D eigenvalue weighted by Crippen LogP contribution is -2.58. The maximum atomic E-state index is 12.3. The zero-order chi connectivity index (χ0) is 13.8. The van der Waals surface area contributed by atoms with Crippen molar-refractivity contribution in [3.05, 3.63) is 0 Å². The van der Waals surface area contributed by atoms with Gasteiger partial charge in [0, 0.05) is 13.1 Å². The lowest BCUT2D eigenvalue weighted by Gasteiger charge is -2.45. The minimum absolute atomic E-state index is 0.185. The molecule has 1 saturated carbocycles. The molecule has 4 heteroatoms. The van der Waals surface area contributed by atoms with Gasteiger partial charge in [-0.1, -0.05) is 19.3 Å². The first-order chi connectivity index (χ1) is 8.34. The molecule has 1 aliphatic carbocycles. The van der Waals surface area contributed by atoms with Crippen molar-refractivity contribution in [1.82, 2.24) is 4.90 Å². The Morgan fingerprint density at radius 3 is 2.22 bits per heavy atom. The van der Waals surface area contributed by atoms with E-state index in [2.05, 4.69) is 0 Å². The Balaban J connectivity index is 2.82. The summed E-state index contributed by atoms with van der Waals surface area (Å²) in [4.78, 5) is 14.1. The zero-order valence-electron chi connectivity index (χ0n) is 12.3. The highest BCUT2D eigenvalue weighted by molar-refractivity contribution is 5.69. The second kappa shape index (κ2) is 5.91. The van der Waals surface area contributed by atoms with Gasteiger partial charge in [-0.25, -0.2) is 4.79 Å². The van der Waals surface area contributed by atoms with Gasteiger partial charge >= 0.3 is 6.09 Å². The smallest absolute Gasteiger partial charge is 0.410 e. The average Bonchev–Trinajstić information content (AvgIpc) is 2.28. The van der Waals surface area contributed by atoms with Crippen LogP contribution in [0.3, 0.4) is 0 Å². The summed E-state index contributed by atoms with van der Waals surface area (Å²) < 4.78 is 5.50. The first kappa shape index (κ1) is 15.3. The summed E-state index contributed by atoms with van der Waals surface area (Å²) in [6.45, 7) is 8.88. The third-order valence-electron chi connectivity index (χ3n) is 3.67. The highest BCUT2D eigenvalue weighted by Crippen LogP contribution is 2.33. The molecule has 0 radical (unpaired) electrons. The van der Waals surface area contributed by atoms with Crippen molar-refractivity contribution in [2.45, 2.75) is 70.9 Å². The summed E-state index contributed by atoms with van der Waals surface area (Å²) in [5, 5.41) is 0. The molecule has 4 nitrogen and oxygen atoms in total. The van der Waals surface area contributed by atoms with Crippen LogP contribution in [0.1, 0.15) is 59.8 Å². The molecule has 0 saturated heterocycles. The van der Waals surface area contributed by atoms with Crippen molar-refractivity contribution in [3.63, 3.8) is 0 Å². The Bertz CT molecular complexity index is 278. The Labute approximate surface area is 111 Å². The Morgan fingerprint density at radius 2 is 1.83 bits per heavy atom. The lowest BCUT2D eigenvalue weighted by molar-refractivity contribution is -0.00935. The van der Waals surface area contributed by atoms with Crippen LogP contribution in [0.2, 0.25) is 0 Å². The fraction of sp³-hybridized carbons (Fsp3) is 0.929. The molecule has 106 valence electrons. The van der Waals surface area contributed by atoms with E-state index >= 15 is 0 Å². The molecule has 0 aromatic carbocycles. The first-order valence-corrected chi connectivity index (χ1v) is 7.05. The van der Waals surface area contributed by atoms with Gasteiger partial charge in [0.05, 0.1) is 5.54 Å². The predicted octanol–water partition coefficient (Wildman–Crippen LogP) is 2.91. The second-order valence-electron chi connectivity index (χ2n) is 6.21. The minimum Gasteiger partial charge on any atom is -0.444 e. The molecule has 2 N–H and O–H groups in total. The van der Waals surface area contributed by atoms with Crippen molar-refractivity contribution in [3.8, 4) is 0 Å². The third kappa shape index (κ3) is 3.61. The fourth-order valence-corrected chi connectivity index (χ4v) is 2.77. The molecule has 0 unspecified atom stereocenters. The molecule has 0 bridgehead atoms. The SMILES string of the molecule is CCN(C(=O)OC(C)(C)C)C1(CN)CCCCC1. The largest absolute Gasteiger partial charge is 0.444 e. The molecular formula is C14H28N2O2. The van der Waals surface area contributed by atoms with E-state index in [-0.39, 0.29) is 11.6 Å². The summed E-state index contributed by atoms with van der Waals surface area (Å²) in [6.07, 6.45) is 5.31. The van der Waals surface area contributed by atoms with E-state index in [9.17, 15) is 4.79 Å². The third-order valence-corrected chi connectivity index (χ3v) is 3.67. The van der Waals surface area contributed by atoms with Crippen LogP contribution in [0.5, 0.6) is 0 Å². The fourth-order valence-electron chi connectivity index (χ4n) is 2.77. The molecule has 1 rings (SSSR count). The molecule has 0 aliphatic heterocycles. The van der Waals surface area contributed by atoms with Crippen molar-refractivity contribution in [2.24, 2.45) is 5.73 Å². The number of carbonyl (C=O) groups excluding carboxylic acids is 1. The highest BCUT2D eigenvalue weighted by atomic mass is 16.6. The number of rotatable bonds is 3. The maximum Gasteiger partial charge on any atom is 0.410 e. The monoisotopic (exact) mass is 256 g/mol. The summed E-state index contributed by atoms with van der Waals surface area (Å²) in [7, 11) is 0. The molecule has 0 spiro atoms. The standard InChI is InChI=1S/C14H28N2O2/c1-5-16(12(17)18-13(2,3)4)14(11-15)9-7-6-8-10-14/h5-11,15H2,1-4H3. The maximum absolute atomic E-state index is 12.3. The molecular weight excluding hydrogens is 228 g/mol. The number of nitrogens with zero attached hydrogens (tertiary/aromatic N) is 1. The zero-order valence-corrected chi connectivity index (χ0v) is 12.3. The first-order valence-electron chi connectivity index (χ1n) is 7.05. The van der Waals surface area contributed by atoms with E-state index in [1.165, 1.54) is 6.42 Å². The van der Waals surface area contributed by atoms with Crippen molar-refractivity contribution >= 4 is 6.09 Å². The summed E-state index contributed by atoms with van der Waals surface area (Å²) in [5.74, 6) is 0. The quantitative estimate of drug-likeness (QED) is 0.844. The minimum atomic E-state index is -0.449. The second-order valence-corrected chi connectivity index (χ2v) is 6.21. The Hall–Kier alpha value is -0.770. The van der Waals surface area contributed by atoms with E-state index < -0.39 is 5.60 Å². The molecule has 1 fully saturated rings. The van der Waals surface area contributed by atoms with Crippen LogP contribution in [0.4, 0.5) is 4.79 Å². The number of nitrogens with two attached hydrogens (primary N) is 1. The molecule has 1 amide bonds. The van der Waals surface area contributed by atoms with Crippen molar-refractivity contribution in [2.75, 3.05) is 13.1 Å². The van der Waals surface area contributed by atoms with Gasteiger partial charge in [-0.05, 0) is 40.5 Å². The van der Waals surface area contributed by atoms with E-state index in [1.807, 2.05) is 32.6 Å².